The molecule has 0 saturated carbocycles. The molecule has 136 valence electrons. The second-order valence-corrected chi connectivity index (χ2v) is 7.36. The lowest BCUT2D eigenvalue weighted by Crippen LogP contribution is -2.44. The molecule has 6 heteroatoms. The van der Waals surface area contributed by atoms with Crippen LogP contribution in [-0.2, 0) is 11.3 Å². The Morgan fingerprint density at radius 2 is 1.96 bits per heavy atom. The second-order valence-electron chi connectivity index (χ2n) is 7.36. The number of amides is 1. The summed E-state index contributed by atoms with van der Waals surface area (Å²) in [6.45, 7) is 7.74. The maximum absolute atomic E-state index is 12.2. The van der Waals surface area contributed by atoms with Gasteiger partial charge in [0.2, 0.25) is 0 Å². The van der Waals surface area contributed by atoms with Gasteiger partial charge in [-0.3, -0.25) is 0 Å². The van der Waals surface area contributed by atoms with Gasteiger partial charge in [0, 0.05) is 30.7 Å². The smallest absolute Gasteiger partial charge is 0.410 e. The van der Waals surface area contributed by atoms with E-state index in [1.54, 1.807) is 4.90 Å². The van der Waals surface area contributed by atoms with Crippen molar-refractivity contribution >= 4 is 6.09 Å². The van der Waals surface area contributed by atoms with E-state index in [2.05, 4.69) is 10.4 Å². The van der Waals surface area contributed by atoms with Crippen molar-refractivity contribution in [2.75, 3.05) is 13.1 Å². The summed E-state index contributed by atoms with van der Waals surface area (Å²) >= 11 is 0. The summed E-state index contributed by atoms with van der Waals surface area (Å²) in [5, 5.41) is 6.95. The summed E-state index contributed by atoms with van der Waals surface area (Å²) in [4.78, 5) is 13.9. The van der Waals surface area contributed by atoms with Crippen LogP contribution >= 0.6 is 0 Å². The molecule has 0 unspecified atom stereocenters. The van der Waals surface area contributed by atoms with E-state index in [1.807, 2.05) is 57.3 Å². The van der Waals surface area contributed by atoms with Gasteiger partial charge in [0.1, 0.15) is 6.61 Å². The number of piperidine rings is 1. The number of ether oxygens (including phenoxy) is 1. The van der Waals surface area contributed by atoms with E-state index >= 15 is 0 Å². The Hall–Kier alpha value is -2.37. The van der Waals surface area contributed by atoms with Gasteiger partial charge in [0.05, 0.1) is 5.70 Å². The summed E-state index contributed by atoms with van der Waals surface area (Å²) < 4.78 is 5.38. The largest absolute Gasteiger partial charge is 0.445 e. The Morgan fingerprint density at radius 3 is 2.52 bits per heavy atom. The molecule has 1 heterocycles. The molecule has 1 aliphatic heterocycles. The predicted molar refractivity (Wildman–Crippen MR) is 97.0 cm³/mol. The number of rotatable bonds is 5. The van der Waals surface area contributed by atoms with Gasteiger partial charge in [0.25, 0.3) is 0 Å². The van der Waals surface area contributed by atoms with Crippen LogP contribution in [0.2, 0.25) is 0 Å². The van der Waals surface area contributed by atoms with Crippen molar-refractivity contribution in [1.29, 1.82) is 5.53 Å². The van der Waals surface area contributed by atoms with Crippen LogP contribution in [0.1, 0.15) is 39.2 Å². The first-order valence-corrected chi connectivity index (χ1v) is 8.70. The Labute approximate surface area is 149 Å². The van der Waals surface area contributed by atoms with Crippen molar-refractivity contribution in [3.8, 4) is 0 Å². The summed E-state index contributed by atoms with van der Waals surface area (Å²) in [6, 6.07) is 9.99. The van der Waals surface area contributed by atoms with Crippen LogP contribution in [0.5, 0.6) is 0 Å². The van der Waals surface area contributed by atoms with E-state index < -0.39 is 0 Å². The zero-order valence-electron chi connectivity index (χ0n) is 15.3. The van der Waals surface area contributed by atoms with Crippen LogP contribution in [0.3, 0.4) is 0 Å². The topological polar surface area (TPSA) is 77.8 Å². The summed E-state index contributed by atoms with van der Waals surface area (Å²) in [7, 11) is 0. The van der Waals surface area contributed by atoms with E-state index in [1.165, 1.54) is 0 Å². The highest BCUT2D eigenvalue weighted by atomic mass is 16.6. The first kappa shape index (κ1) is 19.0. The highest BCUT2D eigenvalue weighted by molar-refractivity contribution is 5.67. The monoisotopic (exact) mass is 344 g/mol. The summed E-state index contributed by atoms with van der Waals surface area (Å²) in [5.74, 6) is 0. The molecule has 0 bridgehead atoms. The molecule has 2 rings (SSSR count). The molecule has 2 N–H and O–H groups in total. The maximum atomic E-state index is 12.2. The van der Waals surface area contributed by atoms with Crippen LogP contribution in [0.25, 0.3) is 0 Å². The summed E-state index contributed by atoms with van der Waals surface area (Å²) in [5.41, 5.74) is 8.84. The van der Waals surface area contributed by atoms with Crippen LogP contribution < -0.4 is 5.32 Å². The van der Waals surface area contributed by atoms with Gasteiger partial charge in [-0.2, -0.15) is 5.11 Å². The molecule has 0 atom stereocenters. The Kier molecular flexibility index (Phi) is 6.56. The third-order valence-electron chi connectivity index (χ3n) is 4.30. The van der Waals surface area contributed by atoms with Crippen molar-refractivity contribution < 1.29 is 9.53 Å². The molecule has 0 radical (unpaired) electrons. The minimum atomic E-state index is -0.255. The zero-order valence-corrected chi connectivity index (χ0v) is 15.3. The SMILES string of the molecule is CC(C)(C)/C(=C/NC1CCN(C(=O)OCc2ccccc2)CC1)N=N. The van der Waals surface area contributed by atoms with E-state index in [0.717, 1.165) is 24.1 Å². The normalized spacial score (nSPS) is 16.4. The molecule has 1 saturated heterocycles. The quantitative estimate of drug-likeness (QED) is 0.782. The molecule has 1 amide bonds. The Bertz CT molecular complexity index is 600. The van der Waals surface area contributed by atoms with Crippen molar-refractivity contribution in [2.24, 2.45) is 10.5 Å². The summed E-state index contributed by atoms with van der Waals surface area (Å²) in [6.07, 6.45) is 3.29. The predicted octanol–water partition coefficient (Wildman–Crippen LogP) is 4.30. The third kappa shape index (κ3) is 5.89. The van der Waals surface area contributed by atoms with Gasteiger partial charge in [-0.25, -0.2) is 10.3 Å². The number of benzene rings is 1. The Morgan fingerprint density at radius 1 is 1.32 bits per heavy atom. The first-order valence-electron chi connectivity index (χ1n) is 8.70. The number of carbonyl (C=O) groups excluding carboxylic acids is 1. The van der Waals surface area contributed by atoms with Gasteiger partial charge in [-0.1, -0.05) is 51.1 Å². The van der Waals surface area contributed by atoms with Crippen LogP contribution in [0.15, 0.2) is 47.3 Å². The van der Waals surface area contributed by atoms with Crippen LogP contribution in [0, 0.1) is 10.9 Å². The number of carbonyl (C=O) groups is 1. The highest BCUT2D eigenvalue weighted by Crippen LogP contribution is 2.25. The molecule has 1 fully saturated rings. The lowest BCUT2D eigenvalue weighted by atomic mass is 9.93. The average Bonchev–Trinajstić information content (AvgIpc) is 2.60. The van der Waals surface area contributed by atoms with Gasteiger partial charge in [-0.05, 0) is 18.4 Å². The third-order valence-corrected chi connectivity index (χ3v) is 4.30. The fourth-order valence-corrected chi connectivity index (χ4v) is 2.65. The molecule has 0 aromatic heterocycles. The van der Waals surface area contributed by atoms with E-state index in [9.17, 15) is 4.79 Å². The number of nitrogens with one attached hydrogen (secondary N) is 2. The lowest BCUT2D eigenvalue weighted by Gasteiger charge is -2.31. The number of hydrogen-bond donors (Lipinski definition) is 2. The minimum Gasteiger partial charge on any atom is -0.445 e. The van der Waals surface area contributed by atoms with E-state index in [-0.39, 0.29) is 17.6 Å². The molecule has 0 aliphatic carbocycles. The lowest BCUT2D eigenvalue weighted by molar-refractivity contribution is 0.0861. The average molecular weight is 344 g/mol. The maximum Gasteiger partial charge on any atom is 0.410 e. The van der Waals surface area contributed by atoms with Crippen LogP contribution in [-0.4, -0.2) is 30.1 Å². The fourth-order valence-electron chi connectivity index (χ4n) is 2.65. The van der Waals surface area contributed by atoms with Gasteiger partial charge in [-0.15, -0.1) is 0 Å². The number of likely N-dealkylation sites (tertiary alicyclic amines) is 1. The van der Waals surface area contributed by atoms with Gasteiger partial charge in [0.15, 0.2) is 0 Å². The Balaban J connectivity index is 1.76. The molecule has 1 aromatic carbocycles. The molecular weight excluding hydrogens is 316 g/mol. The fraction of sp³-hybridized carbons (Fsp3) is 0.526. The molecule has 1 aromatic rings. The van der Waals surface area contributed by atoms with Gasteiger partial charge >= 0.3 is 6.09 Å². The number of allylic oxidation sites excluding steroid dienone is 1. The second kappa shape index (κ2) is 8.65. The first-order chi connectivity index (χ1) is 11.9. The van der Waals surface area contributed by atoms with E-state index in [0.29, 0.717) is 19.7 Å². The minimum absolute atomic E-state index is 0.156. The zero-order chi connectivity index (χ0) is 18.3. The van der Waals surface area contributed by atoms with Crippen molar-refractivity contribution in [3.63, 3.8) is 0 Å². The van der Waals surface area contributed by atoms with Crippen molar-refractivity contribution in [1.82, 2.24) is 10.2 Å². The van der Waals surface area contributed by atoms with E-state index in [4.69, 9.17) is 10.3 Å². The number of hydrogen-bond acceptors (Lipinski definition) is 5. The molecule has 0 spiro atoms. The van der Waals surface area contributed by atoms with Crippen molar-refractivity contribution in [3.05, 3.63) is 47.8 Å². The van der Waals surface area contributed by atoms with Crippen molar-refractivity contribution in [2.45, 2.75) is 46.3 Å². The van der Waals surface area contributed by atoms with Gasteiger partial charge < -0.3 is 15.0 Å². The number of nitrogens with zero attached hydrogens (tertiary/aromatic N) is 2. The molecule has 1 aliphatic rings. The molecule has 25 heavy (non-hydrogen) atoms. The molecular formula is C19H28N4O2. The van der Waals surface area contributed by atoms with Crippen LogP contribution in [0.4, 0.5) is 4.79 Å². The molecule has 6 nitrogen and oxygen atoms in total. The highest BCUT2D eigenvalue weighted by Gasteiger charge is 2.24. The standard InChI is InChI=1S/C19H28N4O2/c1-19(2,3)17(22-20)13-21-16-9-11-23(12-10-16)18(24)25-14-15-7-5-4-6-8-15/h4-8,13,16,20-21H,9-12,14H2,1-3H3/b17-13-,22-20?.